The summed E-state index contributed by atoms with van der Waals surface area (Å²) in [5.74, 6) is 0. The second-order valence-corrected chi connectivity index (χ2v) is 5.10. The summed E-state index contributed by atoms with van der Waals surface area (Å²) in [6, 6.07) is 14.3. The first-order valence-electron chi connectivity index (χ1n) is 5.83. The molecule has 2 aromatic carbocycles. The summed E-state index contributed by atoms with van der Waals surface area (Å²) in [6.07, 6.45) is 0. The standard InChI is InChI=1S/C14H13BrN2O2/c1-10(16-12-8-6-11(15)7-9-12)13-4-2-3-5-14(13)17(18)19/h2-10,16H,1H3. The summed E-state index contributed by atoms with van der Waals surface area (Å²) in [4.78, 5) is 10.6. The van der Waals surface area contributed by atoms with E-state index < -0.39 is 0 Å². The summed E-state index contributed by atoms with van der Waals surface area (Å²) in [5.41, 5.74) is 1.74. The number of anilines is 1. The first kappa shape index (κ1) is 13.5. The van der Waals surface area contributed by atoms with Crippen molar-refractivity contribution in [2.24, 2.45) is 0 Å². The third-order valence-electron chi connectivity index (χ3n) is 2.83. The lowest BCUT2D eigenvalue weighted by Crippen LogP contribution is -2.08. The van der Waals surface area contributed by atoms with Crippen LogP contribution in [0.4, 0.5) is 11.4 Å². The van der Waals surface area contributed by atoms with Crippen LogP contribution in [-0.4, -0.2) is 4.92 Å². The maximum Gasteiger partial charge on any atom is 0.274 e. The summed E-state index contributed by atoms with van der Waals surface area (Å²) in [7, 11) is 0. The van der Waals surface area contributed by atoms with E-state index in [2.05, 4.69) is 21.2 Å². The molecule has 0 aliphatic heterocycles. The molecule has 2 aromatic rings. The monoisotopic (exact) mass is 320 g/mol. The summed E-state index contributed by atoms with van der Waals surface area (Å²) < 4.78 is 0.997. The van der Waals surface area contributed by atoms with Gasteiger partial charge in [-0.2, -0.15) is 0 Å². The van der Waals surface area contributed by atoms with Gasteiger partial charge in [0.1, 0.15) is 0 Å². The van der Waals surface area contributed by atoms with Crippen LogP contribution in [0.25, 0.3) is 0 Å². The van der Waals surface area contributed by atoms with E-state index in [-0.39, 0.29) is 16.7 Å². The smallest absolute Gasteiger partial charge is 0.274 e. The van der Waals surface area contributed by atoms with Gasteiger partial charge in [-0.3, -0.25) is 10.1 Å². The Morgan fingerprint density at radius 1 is 1.16 bits per heavy atom. The SMILES string of the molecule is CC(Nc1ccc(Br)cc1)c1ccccc1[N+](=O)[O-]. The zero-order valence-corrected chi connectivity index (χ0v) is 11.9. The van der Waals surface area contributed by atoms with Crippen LogP contribution in [0.1, 0.15) is 18.5 Å². The topological polar surface area (TPSA) is 55.2 Å². The molecular formula is C14H13BrN2O2. The number of halogens is 1. The molecule has 1 N–H and O–H groups in total. The van der Waals surface area contributed by atoms with Gasteiger partial charge < -0.3 is 5.32 Å². The predicted molar refractivity (Wildman–Crippen MR) is 79.3 cm³/mol. The Balaban J connectivity index is 2.22. The Labute approximate surface area is 119 Å². The van der Waals surface area contributed by atoms with E-state index in [0.717, 1.165) is 10.2 Å². The fraction of sp³-hybridized carbons (Fsp3) is 0.143. The average molecular weight is 321 g/mol. The molecule has 5 heteroatoms. The van der Waals surface area contributed by atoms with Crippen LogP contribution in [0.15, 0.2) is 53.0 Å². The first-order valence-corrected chi connectivity index (χ1v) is 6.62. The van der Waals surface area contributed by atoms with Crippen molar-refractivity contribution in [1.82, 2.24) is 0 Å². The minimum Gasteiger partial charge on any atom is -0.378 e. The van der Waals surface area contributed by atoms with Gasteiger partial charge in [0.15, 0.2) is 0 Å². The van der Waals surface area contributed by atoms with E-state index in [1.807, 2.05) is 37.3 Å². The van der Waals surface area contributed by atoms with Crippen LogP contribution in [0.3, 0.4) is 0 Å². The van der Waals surface area contributed by atoms with Crippen LogP contribution in [0, 0.1) is 10.1 Å². The van der Waals surface area contributed by atoms with Gasteiger partial charge in [0.2, 0.25) is 0 Å². The molecule has 0 saturated carbocycles. The fourth-order valence-electron chi connectivity index (χ4n) is 1.89. The van der Waals surface area contributed by atoms with Crippen molar-refractivity contribution in [2.45, 2.75) is 13.0 Å². The Morgan fingerprint density at radius 2 is 1.79 bits per heavy atom. The van der Waals surface area contributed by atoms with Gasteiger partial charge in [0.05, 0.1) is 16.5 Å². The van der Waals surface area contributed by atoms with Crippen LogP contribution in [0.5, 0.6) is 0 Å². The van der Waals surface area contributed by atoms with Gasteiger partial charge in [0.25, 0.3) is 5.69 Å². The molecule has 0 aliphatic rings. The van der Waals surface area contributed by atoms with Crippen LogP contribution in [0.2, 0.25) is 0 Å². The summed E-state index contributed by atoms with van der Waals surface area (Å²) in [6.45, 7) is 1.91. The second-order valence-electron chi connectivity index (χ2n) is 4.19. The summed E-state index contributed by atoms with van der Waals surface area (Å²) >= 11 is 3.37. The highest BCUT2D eigenvalue weighted by Crippen LogP contribution is 2.27. The van der Waals surface area contributed by atoms with E-state index >= 15 is 0 Å². The van der Waals surface area contributed by atoms with Crippen LogP contribution in [-0.2, 0) is 0 Å². The minimum absolute atomic E-state index is 0.136. The largest absolute Gasteiger partial charge is 0.378 e. The molecule has 98 valence electrons. The van der Waals surface area contributed by atoms with Gasteiger partial charge in [-0.1, -0.05) is 34.1 Å². The minimum atomic E-state index is -0.352. The van der Waals surface area contributed by atoms with Crippen LogP contribution < -0.4 is 5.32 Å². The normalized spacial score (nSPS) is 11.9. The van der Waals surface area contributed by atoms with E-state index in [0.29, 0.717) is 5.56 Å². The number of para-hydroxylation sites is 1. The zero-order valence-electron chi connectivity index (χ0n) is 10.3. The number of benzene rings is 2. The van der Waals surface area contributed by atoms with Crippen molar-refractivity contribution in [3.8, 4) is 0 Å². The quantitative estimate of drug-likeness (QED) is 0.665. The van der Waals surface area contributed by atoms with Gasteiger partial charge in [0, 0.05) is 16.2 Å². The highest BCUT2D eigenvalue weighted by molar-refractivity contribution is 9.10. The van der Waals surface area contributed by atoms with E-state index in [1.165, 1.54) is 6.07 Å². The first-order chi connectivity index (χ1) is 9.08. The van der Waals surface area contributed by atoms with Crippen molar-refractivity contribution in [2.75, 3.05) is 5.32 Å². The van der Waals surface area contributed by atoms with Crippen molar-refractivity contribution in [3.63, 3.8) is 0 Å². The molecule has 19 heavy (non-hydrogen) atoms. The number of hydrogen-bond donors (Lipinski definition) is 1. The molecule has 0 fully saturated rings. The molecule has 1 unspecified atom stereocenters. The van der Waals surface area contributed by atoms with Crippen molar-refractivity contribution in [3.05, 3.63) is 68.7 Å². The van der Waals surface area contributed by atoms with Crippen molar-refractivity contribution in [1.29, 1.82) is 0 Å². The van der Waals surface area contributed by atoms with Gasteiger partial charge in [-0.25, -0.2) is 0 Å². The molecule has 0 bridgehead atoms. The molecular weight excluding hydrogens is 308 g/mol. The maximum atomic E-state index is 11.0. The van der Waals surface area contributed by atoms with E-state index in [1.54, 1.807) is 12.1 Å². The molecule has 1 atom stereocenters. The molecule has 0 spiro atoms. The number of nitro benzene ring substituents is 1. The second kappa shape index (κ2) is 5.84. The predicted octanol–water partition coefficient (Wildman–Crippen LogP) is 4.53. The van der Waals surface area contributed by atoms with Crippen molar-refractivity contribution < 1.29 is 4.92 Å². The third kappa shape index (κ3) is 3.32. The molecule has 0 saturated heterocycles. The lowest BCUT2D eigenvalue weighted by atomic mass is 10.1. The molecule has 0 radical (unpaired) electrons. The maximum absolute atomic E-state index is 11.0. The summed E-state index contributed by atoms with van der Waals surface area (Å²) in [5, 5.41) is 14.3. The Hall–Kier alpha value is -1.88. The van der Waals surface area contributed by atoms with Crippen molar-refractivity contribution >= 4 is 27.3 Å². The van der Waals surface area contributed by atoms with Crippen LogP contribution >= 0.6 is 15.9 Å². The van der Waals surface area contributed by atoms with E-state index in [4.69, 9.17) is 0 Å². The molecule has 0 amide bonds. The molecule has 4 nitrogen and oxygen atoms in total. The molecule has 0 aliphatic carbocycles. The van der Waals surface area contributed by atoms with Gasteiger partial charge in [-0.15, -0.1) is 0 Å². The Morgan fingerprint density at radius 3 is 2.42 bits per heavy atom. The highest BCUT2D eigenvalue weighted by Gasteiger charge is 2.17. The zero-order chi connectivity index (χ0) is 13.8. The Kier molecular flexibility index (Phi) is 4.16. The lowest BCUT2D eigenvalue weighted by molar-refractivity contribution is -0.385. The third-order valence-corrected chi connectivity index (χ3v) is 3.36. The lowest BCUT2D eigenvalue weighted by Gasteiger charge is -2.15. The highest BCUT2D eigenvalue weighted by atomic mass is 79.9. The number of nitrogens with one attached hydrogen (secondary N) is 1. The van der Waals surface area contributed by atoms with Gasteiger partial charge in [-0.05, 0) is 31.2 Å². The molecule has 2 rings (SSSR count). The average Bonchev–Trinajstić information content (AvgIpc) is 2.41. The van der Waals surface area contributed by atoms with Gasteiger partial charge >= 0.3 is 0 Å². The fourth-order valence-corrected chi connectivity index (χ4v) is 2.16. The number of hydrogen-bond acceptors (Lipinski definition) is 3. The number of nitrogens with zero attached hydrogens (tertiary/aromatic N) is 1. The Bertz CT molecular complexity index is 584. The molecule has 0 heterocycles. The number of rotatable bonds is 4. The van der Waals surface area contributed by atoms with E-state index in [9.17, 15) is 10.1 Å². The molecule has 0 aromatic heterocycles. The number of nitro groups is 1.